The van der Waals surface area contributed by atoms with Crippen LogP contribution in [0.15, 0.2) is 0 Å². The first-order valence-electron chi connectivity index (χ1n) is 2.57. The van der Waals surface area contributed by atoms with Gasteiger partial charge in [-0.3, -0.25) is 4.79 Å². The van der Waals surface area contributed by atoms with Gasteiger partial charge >= 0.3 is 12.3 Å². The Balaban J connectivity index is 3.74. The van der Waals surface area contributed by atoms with Gasteiger partial charge in [0.15, 0.2) is 0 Å². The Bertz CT molecular complexity index is 121. The van der Waals surface area contributed by atoms with Crippen LogP contribution in [0.5, 0.6) is 0 Å². The van der Waals surface area contributed by atoms with E-state index in [9.17, 15) is 9.59 Å². The molecule has 0 saturated carbocycles. The van der Waals surface area contributed by atoms with Gasteiger partial charge in [0, 0.05) is 0 Å². The van der Waals surface area contributed by atoms with Crippen LogP contribution in [0.2, 0.25) is 0 Å². The summed E-state index contributed by atoms with van der Waals surface area (Å²) in [6.07, 6.45) is 1.11. The maximum absolute atomic E-state index is 10.2. The molecule has 51 valence electrons. The van der Waals surface area contributed by atoms with Crippen LogP contribution in [-0.4, -0.2) is 17.9 Å². The molecule has 0 atom stereocenters. The largest absolute Gasteiger partial charge is 0.454 e. The summed E-state index contributed by atoms with van der Waals surface area (Å²) in [6, 6.07) is 0. The molecule has 0 aliphatic carbocycles. The van der Waals surface area contributed by atoms with Crippen molar-refractivity contribution in [1.29, 1.82) is 0 Å². The smallest absolute Gasteiger partial charge is 0.384 e. The second kappa shape index (κ2) is 2.62. The van der Waals surface area contributed by atoms with E-state index in [0.717, 1.165) is 6.29 Å². The van der Waals surface area contributed by atoms with E-state index in [1.54, 1.807) is 20.8 Å². The first-order valence-corrected chi connectivity index (χ1v) is 2.57. The number of hydrogen-bond acceptors (Lipinski definition) is 3. The molecule has 0 fully saturated rings. The van der Waals surface area contributed by atoms with Gasteiger partial charge in [-0.2, -0.15) is 0 Å². The molecule has 0 amide bonds. The molecule has 0 spiro atoms. The fraction of sp³-hybridized carbons (Fsp3) is 0.667. The Kier molecular flexibility index (Phi) is 2.37. The topological polar surface area (TPSA) is 43.4 Å². The van der Waals surface area contributed by atoms with Crippen LogP contribution in [0.25, 0.3) is 0 Å². The highest BCUT2D eigenvalue weighted by Crippen LogP contribution is 2.05. The Morgan fingerprint density at radius 2 is 1.89 bits per heavy atom. The van der Waals surface area contributed by atoms with Crippen LogP contribution in [0, 0.1) is 0 Å². The number of rotatable bonds is 1. The Morgan fingerprint density at radius 3 is 2.00 bits per heavy atom. The maximum Gasteiger partial charge on any atom is 0.384 e. The van der Waals surface area contributed by atoms with Gasteiger partial charge in [0.2, 0.25) is 0 Å². The molecule has 3 heteroatoms. The first-order chi connectivity index (χ1) is 3.95. The lowest BCUT2D eigenvalue weighted by atomic mass is 10.2. The minimum absolute atomic E-state index is 0.589. The van der Waals surface area contributed by atoms with E-state index in [2.05, 4.69) is 4.74 Å². The summed E-state index contributed by atoms with van der Waals surface area (Å²) in [4.78, 5) is 19.8. The molecular weight excluding hydrogens is 120 g/mol. The minimum Gasteiger partial charge on any atom is -0.454 e. The molecule has 0 saturated heterocycles. The van der Waals surface area contributed by atoms with Crippen molar-refractivity contribution in [3.63, 3.8) is 0 Å². The molecule has 3 nitrogen and oxygen atoms in total. The highest BCUT2D eigenvalue weighted by molar-refractivity contribution is 6.20. The Labute approximate surface area is 54.0 Å². The molecule has 0 aromatic rings. The van der Waals surface area contributed by atoms with E-state index in [0.29, 0.717) is 0 Å². The lowest BCUT2D eigenvalue weighted by Gasteiger charge is -2.16. The second-order valence-electron chi connectivity index (χ2n) is 2.60. The standard InChI is InChI=1S/C6H9O3/c1-6(2,3)9-5(8)4-7/h1-3H3. The zero-order valence-electron chi connectivity index (χ0n) is 5.72. The maximum atomic E-state index is 10.2. The molecule has 0 bridgehead atoms. The van der Waals surface area contributed by atoms with E-state index < -0.39 is 11.6 Å². The fourth-order valence-electron chi connectivity index (χ4n) is 0.299. The molecule has 0 aliphatic rings. The monoisotopic (exact) mass is 129 g/mol. The predicted molar refractivity (Wildman–Crippen MR) is 31.5 cm³/mol. The second-order valence-corrected chi connectivity index (χ2v) is 2.60. The first kappa shape index (κ1) is 8.14. The van der Waals surface area contributed by atoms with Gasteiger partial charge in [0.1, 0.15) is 5.60 Å². The lowest BCUT2D eigenvalue weighted by molar-refractivity contribution is -0.146. The van der Waals surface area contributed by atoms with Crippen molar-refractivity contribution in [1.82, 2.24) is 0 Å². The van der Waals surface area contributed by atoms with Crippen molar-refractivity contribution < 1.29 is 14.3 Å². The average Bonchev–Trinajstić information content (AvgIpc) is 1.62. The molecule has 0 unspecified atom stereocenters. The number of carbonyl (C=O) groups excluding carboxylic acids is 2. The van der Waals surface area contributed by atoms with E-state index in [4.69, 9.17) is 0 Å². The summed E-state index contributed by atoms with van der Waals surface area (Å²) >= 11 is 0. The summed E-state index contributed by atoms with van der Waals surface area (Å²) in [5, 5.41) is 0. The van der Waals surface area contributed by atoms with Gasteiger partial charge in [-0.1, -0.05) is 0 Å². The van der Waals surface area contributed by atoms with Crippen LogP contribution >= 0.6 is 0 Å². The highest BCUT2D eigenvalue weighted by Gasteiger charge is 2.15. The fourth-order valence-corrected chi connectivity index (χ4v) is 0.299. The third-order valence-electron chi connectivity index (χ3n) is 0.482. The van der Waals surface area contributed by atoms with Crippen molar-refractivity contribution >= 4 is 12.3 Å². The Morgan fingerprint density at radius 1 is 1.44 bits per heavy atom. The van der Waals surface area contributed by atoms with Crippen LogP contribution in [0.3, 0.4) is 0 Å². The van der Waals surface area contributed by atoms with Crippen LogP contribution in [-0.2, 0) is 14.3 Å². The van der Waals surface area contributed by atoms with Crippen LogP contribution < -0.4 is 0 Å². The zero-order chi connectivity index (χ0) is 7.49. The lowest BCUT2D eigenvalue weighted by Crippen LogP contribution is -2.24. The van der Waals surface area contributed by atoms with E-state index in [1.165, 1.54) is 0 Å². The van der Waals surface area contributed by atoms with Gasteiger partial charge in [0.25, 0.3) is 0 Å². The third kappa shape index (κ3) is 5.00. The van der Waals surface area contributed by atoms with Crippen molar-refractivity contribution in [2.75, 3.05) is 0 Å². The predicted octanol–water partition coefficient (Wildman–Crippen LogP) is 0.438. The molecule has 0 rings (SSSR count). The van der Waals surface area contributed by atoms with E-state index >= 15 is 0 Å². The number of hydrogen-bond donors (Lipinski definition) is 0. The summed E-state index contributed by atoms with van der Waals surface area (Å²) in [5.41, 5.74) is -0.589. The van der Waals surface area contributed by atoms with Crippen molar-refractivity contribution in [2.45, 2.75) is 26.4 Å². The molecule has 1 radical (unpaired) electrons. The normalized spacial score (nSPS) is 10.6. The average molecular weight is 129 g/mol. The summed E-state index contributed by atoms with van der Waals surface area (Å²) in [5.74, 6) is -0.942. The van der Waals surface area contributed by atoms with Crippen molar-refractivity contribution in [2.24, 2.45) is 0 Å². The van der Waals surface area contributed by atoms with E-state index in [1.807, 2.05) is 0 Å². The Hall–Kier alpha value is -0.860. The summed E-state index contributed by atoms with van der Waals surface area (Å²) in [6.45, 7) is 5.05. The summed E-state index contributed by atoms with van der Waals surface area (Å²) in [7, 11) is 0. The van der Waals surface area contributed by atoms with Gasteiger partial charge in [-0.05, 0) is 20.8 Å². The molecule has 0 aromatic heterocycles. The molecular formula is C6H9O3. The summed E-state index contributed by atoms with van der Waals surface area (Å²) < 4.78 is 4.52. The molecule has 0 heterocycles. The molecule has 0 N–H and O–H groups in total. The zero-order valence-corrected chi connectivity index (χ0v) is 5.72. The van der Waals surface area contributed by atoms with Crippen LogP contribution in [0.4, 0.5) is 0 Å². The number of ether oxygens (including phenoxy) is 1. The molecule has 9 heavy (non-hydrogen) atoms. The minimum atomic E-state index is -0.942. The molecule has 0 aromatic carbocycles. The van der Waals surface area contributed by atoms with Crippen molar-refractivity contribution in [3.05, 3.63) is 0 Å². The number of esters is 1. The molecule has 0 aliphatic heterocycles. The van der Waals surface area contributed by atoms with Gasteiger partial charge in [0.05, 0.1) is 0 Å². The highest BCUT2D eigenvalue weighted by atomic mass is 16.6. The van der Waals surface area contributed by atoms with Crippen LogP contribution in [0.1, 0.15) is 20.8 Å². The SMILES string of the molecule is CC(C)(C)OC(=O)[C]=O. The van der Waals surface area contributed by atoms with Gasteiger partial charge in [-0.15, -0.1) is 0 Å². The third-order valence-corrected chi connectivity index (χ3v) is 0.482. The van der Waals surface area contributed by atoms with Crippen molar-refractivity contribution in [3.8, 4) is 0 Å². The quantitative estimate of drug-likeness (QED) is 0.381. The van der Waals surface area contributed by atoms with Gasteiger partial charge in [-0.25, -0.2) is 4.79 Å². The van der Waals surface area contributed by atoms with Gasteiger partial charge < -0.3 is 4.74 Å². The number of carbonyl (C=O) groups is 1. The van der Waals surface area contributed by atoms with E-state index in [-0.39, 0.29) is 0 Å².